The average molecular weight is 380 g/mol. The Labute approximate surface area is 166 Å². The van der Waals surface area contributed by atoms with E-state index in [0.29, 0.717) is 23.6 Å². The number of nitrogens with one attached hydrogen (secondary N) is 2. The zero-order valence-electron chi connectivity index (χ0n) is 16.1. The van der Waals surface area contributed by atoms with E-state index in [-0.39, 0.29) is 18.2 Å². The third-order valence-corrected chi connectivity index (χ3v) is 4.84. The molecule has 1 aliphatic rings. The Balaban J connectivity index is 1.52. The number of nitrogen functional groups attached to an aromatic ring is 1. The summed E-state index contributed by atoms with van der Waals surface area (Å²) in [7, 11) is 0. The van der Waals surface area contributed by atoms with Crippen molar-refractivity contribution in [2.75, 3.05) is 36.0 Å². The molecule has 148 valence electrons. The highest BCUT2D eigenvalue weighted by atomic mass is 16.2. The molecule has 1 saturated heterocycles. The monoisotopic (exact) mass is 380 g/mol. The second-order valence-electron chi connectivity index (χ2n) is 7.29. The first-order valence-electron chi connectivity index (χ1n) is 9.85. The molecule has 0 spiro atoms. The zero-order chi connectivity index (χ0) is 19.8. The van der Waals surface area contributed by atoms with Crippen molar-refractivity contribution < 1.29 is 9.59 Å². The van der Waals surface area contributed by atoms with Gasteiger partial charge < -0.3 is 16.4 Å². The second kappa shape index (κ2) is 9.90. The van der Waals surface area contributed by atoms with Crippen molar-refractivity contribution in [2.45, 2.75) is 32.1 Å². The predicted molar refractivity (Wildman–Crippen MR) is 113 cm³/mol. The summed E-state index contributed by atoms with van der Waals surface area (Å²) in [6, 6.07) is 14.5. The van der Waals surface area contributed by atoms with Crippen molar-refractivity contribution in [3.63, 3.8) is 0 Å². The average Bonchev–Trinajstić information content (AvgIpc) is 2.92. The van der Waals surface area contributed by atoms with Gasteiger partial charge in [0, 0.05) is 17.1 Å². The lowest BCUT2D eigenvalue weighted by Gasteiger charge is -2.19. The fourth-order valence-electron chi connectivity index (χ4n) is 3.40. The van der Waals surface area contributed by atoms with E-state index in [4.69, 9.17) is 5.73 Å². The van der Waals surface area contributed by atoms with Crippen LogP contribution in [0, 0.1) is 0 Å². The lowest BCUT2D eigenvalue weighted by molar-refractivity contribution is -0.117. The normalized spacial score (nSPS) is 14.9. The van der Waals surface area contributed by atoms with Crippen LogP contribution in [0.25, 0.3) is 0 Å². The number of anilines is 3. The number of likely N-dealkylation sites (tertiary alicyclic amines) is 1. The Kier molecular flexibility index (Phi) is 7.03. The van der Waals surface area contributed by atoms with Crippen molar-refractivity contribution in [3.8, 4) is 0 Å². The molecule has 2 amide bonds. The molecule has 0 aliphatic carbocycles. The van der Waals surface area contributed by atoms with Gasteiger partial charge >= 0.3 is 0 Å². The fraction of sp³-hybridized carbons (Fsp3) is 0.364. The Morgan fingerprint density at radius 3 is 2.11 bits per heavy atom. The van der Waals surface area contributed by atoms with Crippen LogP contribution in [-0.4, -0.2) is 36.3 Å². The van der Waals surface area contributed by atoms with Crippen molar-refractivity contribution in [2.24, 2.45) is 0 Å². The molecule has 1 aliphatic heterocycles. The van der Waals surface area contributed by atoms with Gasteiger partial charge in [-0.05, 0) is 61.8 Å². The molecule has 2 aromatic rings. The van der Waals surface area contributed by atoms with E-state index < -0.39 is 0 Å². The number of benzene rings is 2. The molecule has 1 fully saturated rings. The van der Waals surface area contributed by atoms with Crippen LogP contribution in [0.3, 0.4) is 0 Å². The first-order valence-corrected chi connectivity index (χ1v) is 9.85. The summed E-state index contributed by atoms with van der Waals surface area (Å²) in [6.07, 6.45) is 5.07. The van der Waals surface area contributed by atoms with E-state index in [1.807, 2.05) is 30.3 Å². The van der Waals surface area contributed by atoms with Crippen molar-refractivity contribution in [3.05, 3.63) is 54.1 Å². The third kappa shape index (κ3) is 6.39. The van der Waals surface area contributed by atoms with Crippen LogP contribution in [0.4, 0.5) is 17.1 Å². The molecule has 6 nitrogen and oxygen atoms in total. The summed E-state index contributed by atoms with van der Waals surface area (Å²) >= 11 is 0. The van der Waals surface area contributed by atoms with Gasteiger partial charge in [-0.25, -0.2) is 0 Å². The Bertz CT molecular complexity index is 796. The lowest BCUT2D eigenvalue weighted by Crippen LogP contribution is -2.33. The predicted octanol–water partition coefficient (Wildman–Crippen LogP) is 3.26. The molecule has 0 saturated carbocycles. The number of nitrogens with zero attached hydrogens (tertiary/aromatic N) is 1. The number of amides is 2. The van der Waals surface area contributed by atoms with E-state index >= 15 is 0 Å². The van der Waals surface area contributed by atoms with Gasteiger partial charge in [0.2, 0.25) is 11.8 Å². The van der Waals surface area contributed by atoms with Gasteiger partial charge in [0.25, 0.3) is 0 Å². The minimum atomic E-state index is -0.113. The number of carbonyl (C=O) groups excluding carboxylic acids is 2. The molecule has 1 heterocycles. The summed E-state index contributed by atoms with van der Waals surface area (Å²) in [5.41, 5.74) is 8.58. The Hall–Kier alpha value is -2.86. The molecular weight excluding hydrogens is 352 g/mol. The van der Waals surface area contributed by atoms with E-state index in [1.165, 1.54) is 12.8 Å². The maximum atomic E-state index is 12.3. The number of carbonyl (C=O) groups is 2. The summed E-state index contributed by atoms with van der Waals surface area (Å²) < 4.78 is 0. The summed E-state index contributed by atoms with van der Waals surface area (Å²) in [6.45, 7) is 2.37. The molecule has 4 N–H and O–H groups in total. The Morgan fingerprint density at radius 2 is 1.46 bits per heavy atom. The number of hydrogen-bond acceptors (Lipinski definition) is 4. The maximum Gasteiger partial charge on any atom is 0.238 e. The summed E-state index contributed by atoms with van der Waals surface area (Å²) in [5.74, 6) is -0.134. The Morgan fingerprint density at radius 1 is 0.857 bits per heavy atom. The summed E-state index contributed by atoms with van der Waals surface area (Å²) in [4.78, 5) is 26.8. The quantitative estimate of drug-likeness (QED) is 0.671. The van der Waals surface area contributed by atoms with Gasteiger partial charge in [0.05, 0.1) is 13.0 Å². The maximum absolute atomic E-state index is 12.3. The molecule has 28 heavy (non-hydrogen) atoms. The smallest absolute Gasteiger partial charge is 0.238 e. The zero-order valence-corrected chi connectivity index (χ0v) is 16.1. The fourth-order valence-corrected chi connectivity index (χ4v) is 3.40. The van der Waals surface area contributed by atoms with Gasteiger partial charge in [0.1, 0.15) is 0 Å². The van der Waals surface area contributed by atoms with Crippen LogP contribution < -0.4 is 16.4 Å². The van der Waals surface area contributed by atoms with E-state index in [9.17, 15) is 9.59 Å². The van der Waals surface area contributed by atoms with Gasteiger partial charge in [0.15, 0.2) is 0 Å². The molecule has 6 heteroatoms. The van der Waals surface area contributed by atoms with Gasteiger partial charge in [-0.3, -0.25) is 14.5 Å². The van der Waals surface area contributed by atoms with E-state index in [1.54, 1.807) is 18.2 Å². The summed E-state index contributed by atoms with van der Waals surface area (Å²) in [5, 5.41) is 5.81. The van der Waals surface area contributed by atoms with Crippen LogP contribution in [0.1, 0.15) is 31.2 Å². The third-order valence-electron chi connectivity index (χ3n) is 4.84. The molecule has 0 unspecified atom stereocenters. The van der Waals surface area contributed by atoms with E-state index in [0.717, 1.165) is 31.5 Å². The van der Waals surface area contributed by atoms with Crippen LogP contribution in [0.2, 0.25) is 0 Å². The highest BCUT2D eigenvalue weighted by Crippen LogP contribution is 2.16. The molecule has 0 radical (unpaired) electrons. The van der Waals surface area contributed by atoms with Crippen LogP contribution in [0.15, 0.2) is 48.5 Å². The number of nitrogens with two attached hydrogens (primary N) is 1. The topological polar surface area (TPSA) is 87.5 Å². The number of rotatable bonds is 6. The van der Waals surface area contributed by atoms with Crippen molar-refractivity contribution in [1.29, 1.82) is 0 Å². The second-order valence-corrected chi connectivity index (χ2v) is 7.29. The standard InChI is InChI=1S/C22H28N4O2/c23-18-10-8-17(9-11-18)14-21(27)24-19-6-5-7-20(15-19)25-22(28)16-26-12-3-1-2-4-13-26/h5-11,15H,1-4,12-14,16,23H2,(H,24,27)(H,25,28). The van der Waals surface area contributed by atoms with Gasteiger partial charge in [-0.15, -0.1) is 0 Å². The molecule has 0 aromatic heterocycles. The SMILES string of the molecule is Nc1ccc(CC(=O)Nc2cccc(NC(=O)CN3CCCCCC3)c2)cc1. The van der Waals surface area contributed by atoms with E-state index in [2.05, 4.69) is 15.5 Å². The first kappa shape index (κ1) is 19.9. The minimum absolute atomic E-state index is 0.0211. The highest BCUT2D eigenvalue weighted by Gasteiger charge is 2.13. The lowest BCUT2D eigenvalue weighted by atomic mass is 10.1. The molecule has 2 aromatic carbocycles. The molecule has 0 atom stereocenters. The van der Waals surface area contributed by atoms with Crippen LogP contribution >= 0.6 is 0 Å². The highest BCUT2D eigenvalue weighted by molar-refractivity contribution is 5.95. The first-order chi connectivity index (χ1) is 13.6. The van der Waals surface area contributed by atoms with Gasteiger partial charge in [-0.1, -0.05) is 31.0 Å². The van der Waals surface area contributed by atoms with Crippen LogP contribution in [-0.2, 0) is 16.0 Å². The number of hydrogen-bond donors (Lipinski definition) is 3. The molecule has 0 bridgehead atoms. The molecule has 3 rings (SSSR count). The minimum Gasteiger partial charge on any atom is -0.399 e. The largest absolute Gasteiger partial charge is 0.399 e. The van der Waals surface area contributed by atoms with Crippen molar-refractivity contribution >= 4 is 28.9 Å². The van der Waals surface area contributed by atoms with Crippen molar-refractivity contribution in [1.82, 2.24) is 4.90 Å². The van der Waals surface area contributed by atoms with Gasteiger partial charge in [-0.2, -0.15) is 0 Å². The van der Waals surface area contributed by atoms with Crippen LogP contribution in [0.5, 0.6) is 0 Å². The molecular formula is C22H28N4O2.